The zero-order chi connectivity index (χ0) is 14.9. The maximum absolute atomic E-state index is 13.8. The highest BCUT2D eigenvalue weighted by Gasteiger charge is 2.37. The summed E-state index contributed by atoms with van der Waals surface area (Å²) in [5.74, 6) is -3.02. The molecule has 2 unspecified atom stereocenters. The Hall–Kier alpha value is -1.98. The van der Waals surface area contributed by atoms with E-state index in [0.717, 1.165) is 11.0 Å². The van der Waals surface area contributed by atoms with Gasteiger partial charge in [-0.05, 0) is 18.1 Å². The first-order chi connectivity index (χ1) is 9.45. The Labute approximate surface area is 115 Å². The van der Waals surface area contributed by atoms with Crippen molar-refractivity contribution < 1.29 is 18.4 Å². The normalized spacial score (nSPS) is 20.8. The van der Waals surface area contributed by atoms with Crippen LogP contribution in [-0.2, 0) is 9.59 Å². The number of halogens is 2. The first kappa shape index (κ1) is 14.4. The minimum Gasteiger partial charge on any atom is -0.342 e. The van der Waals surface area contributed by atoms with E-state index in [2.05, 4.69) is 5.32 Å². The number of amides is 2. The summed E-state index contributed by atoms with van der Waals surface area (Å²) in [6.45, 7) is 3.42. The monoisotopic (exact) mass is 282 g/mol. The van der Waals surface area contributed by atoms with Crippen molar-refractivity contribution in [3.8, 4) is 0 Å². The molecule has 4 nitrogen and oxygen atoms in total. The summed E-state index contributed by atoms with van der Waals surface area (Å²) >= 11 is 0. The fourth-order valence-electron chi connectivity index (χ4n) is 2.20. The Morgan fingerprint density at radius 3 is 2.75 bits per heavy atom. The second-order valence-electron chi connectivity index (χ2n) is 4.93. The summed E-state index contributed by atoms with van der Waals surface area (Å²) in [6.07, 6.45) is 0.691. The molecule has 1 N–H and O–H groups in total. The van der Waals surface area contributed by atoms with Crippen molar-refractivity contribution in [2.75, 3.05) is 11.4 Å². The molecule has 0 spiro atoms. The quantitative estimate of drug-likeness (QED) is 0.919. The molecule has 1 aromatic carbocycles. The van der Waals surface area contributed by atoms with E-state index in [9.17, 15) is 18.4 Å². The fraction of sp³-hybridized carbons (Fsp3) is 0.429. The molecule has 0 radical (unpaired) electrons. The van der Waals surface area contributed by atoms with E-state index in [0.29, 0.717) is 6.42 Å². The molecular formula is C14H16F2N2O2. The van der Waals surface area contributed by atoms with Crippen LogP contribution in [0.15, 0.2) is 18.2 Å². The number of piperazine rings is 1. The Morgan fingerprint density at radius 1 is 1.40 bits per heavy atom. The van der Waals surface area contributed by atoms with Crippen LogP contribution < -0.4 is 10.2 Å². The number of hydrogen-bond acceptors (Lipinski definition) is 2. The van der Waals surface area contributed by atoms with Gasteiger partial charge in [-0.3, -0.25) is 14.5 Å². The van der Waals surface area contributed by atoms with Crippen LogP contribution in [0.5, 0.6) is 0 Å². The summed E-state index contributed by atoms with van der Waals surface area (Å²) in [7, 11) is 0. The topological polar surface area (TPSA) is 49.4 Å². The van der Waals surface area contributed by atoms with Crippen LogP contribution in [0.4, 0.5) is 14.5 Å². The molecule has 1 fully saturated rings. The molecule has 1 aliphatic heterocycles. The highest BCUT2D eigenvalue weighted by atomic mass is 19.2. The summed E-state index contributed by atoms with van der Waals surface area (Å²) in [6, 6.07) is 2.87. The van der Waals surface area contributed by atoms with Crippen LogP contribution in [0.25, 0.3) is 0 Å². The number of nitrogens with zero attached hydrogens (tertiary/aromatic N) is 1. The van der Waals surface area contributed by atoms with Crippen molar-refractivity contribution in [2.45, 2.75) is 26.3 Å². The standard InChI is InChI=1S/C14H16F2N2O2/c1-3-8(2)13-14(20)18(7-11(19)17-13)10-6-4-5-9(15)12(10)16/h4-6,8,13H,3,7H2,1-2H3,(H,17,19). The summed E-state index contributed by atoms with van der Waals surface area (Å²) in [5.41, 5.74) is -0.196. The number of nitrogens with one attached hydrogen (secondary N) is 1. The van der Waals surface area contributed by atoms with Crippen LogP contribution in [0, 0.1) is 17.6 Å². The number of benzene rings is 1. The minimum atomic E-state index is -1.11. The van der Waals surface area contributed by atoms with Crippen LogP contribution in [0.3, 0.4) is 0 Å². The first-order valence-electron chi connectivity index (χ1n) is 6.50. The van der Waals surface area contributed by atoms with Gasteiger partial charge in [0.25, 0.3) is 0 Å². The molecule has 0 aromatic heterocycles. The molecule has 0 aliphatic carbocycles. The molecule has 1 aromatic rings. The van der Waals surface area contributed by atoms with Gasteiger partial charge in [0.15, 0.2) is 11.6 Å². The molecule has 2 rings (SSSR count). The van der Waals surface area contributed by atoms with Gasteiger partial charge in [-0.25, -0.2) is 8.78 Å². The van der Waals surface area contributed by atoms with Gasteiger partial charge in [0, 0.05) is 0 Å². The molecule has 1 saturated heterocycles. The third-order valence-corrected chi connectivity index (χ3v) is 3.59. The van der Waals surface area contributed by atoms with Crippen molar-refractivity contribution >= 4 is 17.5 Å². The van der Waals surface area contributed by atoms with Crippen LogP contribution in [0.2, 0.25) is 0 Å². The summed E-state index contributed by atoms with van der Waals surface area (Å²) in [5, 5.41) is 2.60. The van der Waals surface area contributed by atoms with Gasteiger partial charge in [0.1, 0.15) is 12.6 Å². The molecule has 2 amide bonds. The number of rotatable bonds is 3. The van der Waals surface area contributed by atoms with Gasteiger partial charge in [-0.2, -0.15) is 0 Å². The second kappa shape index (κ2) is 5.56. The second-order valence-corrected chi connectivity index (χ2v) is 4.93. The van der Waals surface area contributed by atoms with Crippen molar-refractivity contribution in [2.24, 2.45) is 5.92 Å². The molecule has 20 heavy (non-hydrogen) atoms. The van der Waals surface area contributed by atoms with E-state index < -0.39 is 23.6 Å². The van der Waals surface area contributed by atoms with Crippen LogP contribution in [-0.4, -0.2) is 24.4 Å². The van der Waals surface area contributed by atoms with Crippen molar-refractivity contribution in [1.29, 1.82) is 0 Å². The maximum Gasteiger partial charge on any atom is 0.250 e. The predicted octanol–water partition coefficient (Wildman–Crippen LogP) is 1.84. The average Bonchev–Trinajstić information content (AvgIpc) is 2.43. The number of anilines is 1. The first-order valence-corrected chi connectivity index (χ1v) is 6.50. The maximum atomic E-state index is 13.8. The Kier molecular flexibility index (Phi) is 4.01. The zero-order valence-electron chi connectivity index (χ0n) is 11.3. The smallest absolute Gasteiger partial charge is 0.250 e. The van der Waals surface area contributed by atoms with Gasteiger partial charge in [-0.15, -0.1) is 0 Å². The molecule has 1 heterocycles. The van der Waals surface area contributed by atoms with E-state index in [-0.39, 0.29) is 24.1 Å². The lowest BCUT2D eigenvalue weighted by atomic mass is 9.96. The van der Waals surface area contributed by atoms with Crippen molar-refractivity contribution in [1.82, 2.24) is 5.32 Å². The van der Waals surface area contributed by atoms with Crippen molar-refractivity contribution in [3.05, 3.63) is 29.8 Å². The van der Waals surface area contributed by atoms with Gasteiger partial charge in [0.2, 0.25) is 11.8 Å². The number of carbonyl (C=O) groups is 2. The molecule has 2 atom stereocenters. The van der Waals surface area contributed by atoms with Crippen molar-refractivity contribution in [3.63, 3.8) is 0 Å². The third-order valence-electron chi connectivity index (χ3n) is 3.59. The zero-order valence-corrected chi connectivity index (χ0v) is 11.3. The van der Waals surface area contributed by atoms with Gasteiger partial charge in [0.05, 0.1) is 5.69 Å². The van der Waals surface area contributed by atoms with E-state index in [4.69, 9.17) is 0 Å². The molecule has 108 valence electrons. The van der Waals surface area contributed by atoms with E-state index >= 15 is 0 Å². The van der Waals surface area contributed by atoms with E-state index in [1.165, 1.54) is 12.1 Å². The highest BCUT2D eigenvalue weighted by Crippen LogP contribution is 2.25. The number of hydrogen-bond donors (Lipinski definition) is 1. The van der Waals surface area contributed by atoms with E-state index in [1.54, 1.807) is 0 Å². The number of carbonyl (C=O) groups excluding carboxylic acids is 2. The average molecular weight is 282 g/mol. The van der Waals surface area contributed by atoms with Gasteiger partial charge < -0.3 is 5.32 Å². The molecule has 6 heteroatoms. The Balaban J connectivity index is 2.37. The lowest BCUT2D eigenvalue weighted by molar-refractivity contribution is -0.132. The van der Waals surface area contributed by atoms with Gasteiger partial charge >= 0.3 is 0 Å². The molecule has 0 bridgehead atoms. The Bertz CT molecular complexity index is 548. The van der Waals surface area contributed by atoms with Gasteiger partial charge in [-0.1, -0.05) is 26.3 Å². The molecule has 1 aliphatic rings. The van der Waals surface area contributed by atoms with Crippen LogP contribution >= 0.6 is 0 Å². The fourth-order valence-corrected chi connectivity index (χ4v) is 2.20. The summed E-state index contributed by atoms with van der Waals surface area (Å²) < 4.78 is 27.1. The minimum absolute atomic E-state index is 0.0779. The summed E-state index contributed by atoms with van der Waals surface area (Å²) in [4.78, 5) is 25.1. The lowest BCUT2D eigenvalue weighted by Crippen LogP contribution is -2.60. The molecular weight excluding hydrogens is 266 g/mol. The SMILES string of the molecule is CCC(C)C1NC(=O)CN(c2cccc(F)c2F)C1=O. The highest BCUT2D eigenvalue weighted by molar-refractivity contribution is 6.06. The predicted molar refractivity (Wildman–Crippen MR) is 70.1 cm³/mol. The third kappa shape index (κ3) is 2.50. The lowest BCUT2D eigenvalue weighted by Gasteiger charge is -2.35. The molecule has 0 saturated carbocycles. The largest absolute Gasteiger partial charge is 0.342 e. The van der Waals surface area contributed by atoms with E-state index in [1.807, 2.05) is 13.8 Å². The van der Waals surface area contributed by atoms with Crippen LogP contribution in [0.1, 0.15) is 20.3 Å². The Morgan fingerprint density at radius 2 is 2.10 bits per heavy atom.